The summed E-state index contributed by atoms with van der Waals surface area (Å²) < 4.78 is 11.2. The predicted molar refractivity (Wildman–Crippen MR) is 112 cm³/mol. The number of halogens is 1. The zero-order valence-electron chi connectivity index (χ0n) is 15.3. The van der Waals surface area contributed by atoms with Gasteiger partial charge in [0.15, 0.2) is 5.96 Å². The second kappa shape index (κ2) is 13.2. The third-order valence-corrected chi connectivity index (χ3v) is 4.23. The Hall–Kier alpha value is -1.09. The highest BCUT2D eigenvalue weighted by Gasteiger charge is 2.13. The molecule has 0 unspecified atom stereocenters. The molecular formula is C18H31IN4O2. The van der Waals surface area contributed by atoms with Crippen LogP contribution in [0, 0.1) is 0 Å². The molecule has 0 amide bonds. The van der Waals surface area contributed by atoms with Crippen molar-refractivity contribution in [1.82, 2.24) is 15.6 Å². The highest BCUT2D eigenvalue weighted by Crippen LogP contribution is 2.20. The fraction of sp³-hybridized carbons (Fsp3) is 0.667. The van der Waals surface area contributed by atoms with E-state index in [9.17, 15) is 0 Å². The van der Waals surface area contributed by atoms with E-state index < -0.39 is 0 Å². The van der Waals surface area contributed by atoms with Crippen molar-refractivity contribution in [2.75, 3.05) is 27.3 Å². The minimum Gasteiger partial charge on any atom is -0.481 e. The molecule has 7 heteroatoms. The molecule has 1 fully saturated rings. The molecule has 1 heterocycles. The van der Waals surface area contributed by atoms with Crippen molar-refractivity contribution in [3.8, 4) is 5.88 Å². The smallest absolute Gasteiger partial charge is 0.218 e. The van der Waals surface area contributed by atoms with Gasteiger partial charge in [0, 0.05) is 38.5 Å². The van der Waals surface area contributed by atoms with E-state index in [1.165, 1.54) is 32.1 Å². The molecular weight excluding hydrogens is 431 g/mol. The number of aromatic nitrogens is 1. The average molecular weight is 462 g/mol. The molecule has 1 aliphatic carbocycles. The van der Waals surface area contributed by atoms with E-state index >= 15 is 0 Å². The molecule has 2 rings (SSSR count). The monoisotopic (exact) mass is 462 g/mol. The molecule has 1 aromatic heterocycles. The first-order valence-corrected chi connectivity index (χ1v) is 8.87. The quantitative estimate of drug-likeness (QED) is 0.269. The van der Waals surface area contributed by atoms with Gasteiger partial charge in [-0.2, -0.15) is 0 Å². The summed E-state index contributed by atoms with van der Waals surface area (Å²) in [5, 5.41) is 6.59. The van der Waals surface area contributed by atoms with Crippen LogP contribution in [0.2, 0.25) is 0 Å². The Bertz CT molecular complexity index is 508. The van der Waals surface area contributed by atoms with Gasteiger partial charge in [-0.25, -0.2) is 4.98 Å². The van der Waals surface area contributed by atoms with E-state index in [-0.39, 0.29) is 24.0 Å². The maximum Gasteiger partial charge on any atom is 0.218 e. The number of aliphatic imine (C=N–C) groups is 1. The van der Waals surface area contributed by atoms with Crippen molar-refractivity contribution in [3.63, 3.8) is 0 Å². The van der Waals surface area contributed by atoms with Crippen LogP contribution in [0.5, 0.6) is 5.88 Å². The van der Waals surface area contributed by atoms with Crippen LogP contribution in [0.3, 0.4) is 0 Å². The van der Waals surface area contributed by atoms with E-state index in [1.54, 1.807) is 20.4 Å². The molecule has 0 saturated heterocycles. The van der Waals surface area contributed by atoms with E-state index in [0.29, 0.717) is 18.5 Å². The van der Waals surface area contributed by atoms with Crippen molar-refractivity contribution in [3.05, 3.63) is 23.9 Å². The number of ether oxygens (including phenoxy) is 2. The number of nitrogens with one attached hydrogen (secondary N) is 2. The van der Waals surface area contributed by atoms with Crippen LogP contribution in [0.15, 0.2) is 23.3 Å². The number of hydrogen-bond donors (Lipinski definition) is 2. The Morgan fingerprint density at radius 3 is 2.80 bits per heavy atom. The summed E-state index contributed by atoms with van der Waals surface area (Å²) in [6, 6.07) is 3.89. The molecule has 0 spiro atoms. The van der Waals surface area contributed by atoms with Gasteiger partial charge in [0.05, 0.1) is 13.2 Å². The summed E-state index contributed by atoms with van der Waals surface area (Å²) in [6.45, 7) is 2.27. The average Bonchev–Trinajstić information content (AvgIpc) is 2.65. The Morgan fingerprint density at radius 1 is 1.28 bits per heavy atom. The van der Waals surface area contributed by atoms with Gasteiger partial charge in [0.1, 0.15) is 0 Å². The van der Waals surface area contributed by atoms with Gasteiger partial charge in [-0.15, -0.1) is 24.0 Å². The van der Waals surface area contributed by atoms with Gasteiger partial charge >= 0.3 is 0 Å². The number of guanidine groups is 1. The van der Waals surface area contributed by atoms with Crippen LogP contribution in [-0.4, -0.2) is 44.4 Å². The SMILES string of the molecule is CN=C(NCCCOC1CCCCC1)NCc1cccnc1OC.I. The lowest BCUT2D eigenvalue weighted by atomic mass is 9.98. The first-order chi connectivity index (χ1) is 11.8. The molecule has 0 radical (unpaired) electrons. The van der Waals surface area contributed by atoms with Crippen molar-refractivity contribution < 1.29 is 9.47 Å². The summed E-state index contributed by atoms with van der Waals surface area (Å²) in [6.07, 6.45) is 9.64. The molecule has 0 bridgehead atoms. The molecule has 2 N–H and O–H groups in total. The highest BCUT2D eigenvalue weighted by molar-refractivity contribution is 14.0. The fourth-order valence-electron chi connectivity index (χ4n) is 2.90. The summed E-state index contributed by atoms with van der Waals surface area (Å²) in [4.78, 5) is 8.43. The number of pyridine rings is 1. The zero-order valence-corrected chi connectivity index (χ0v) is 17.6. The van der Waals surface area contributed by atoms with Crippen molar-refractivity contribution >= 4 is 29.9 Å². The van der Waals surface area contributed by atoms with E-state index in [0.717, 1.165) is 31.1 Å². The third-order valence-electron chi connectivity index (χ3n) is 4.23. The fourth-order valence-corrected chi connectivity index (χ4v) is 2.90. The van der Waals surface area contributed by atoms with Crippen molar-refractivity contribution in [2.24, 2.45) is 4.99 Å². The van der Waals surface area contributed by atoms with Gasteiger partial charge < -0.3 is 20.1 Å². The molecule has 0 aliphatic heterocycles. The molecule has 0 atom stereocenters. The molecule has 1 aliphatic rings. The van der Waals surface area contributed by atoms with Crippen LogP contribution < -0.4 is 15.4 Å². The minimum absolute atomic E-state index is 0. The van der Waals surface area contributed by atoms with Crippen LogP contribution in [-0.2, 0) is 11.3 Å². The van der Waals surface area contributed by atoms with Crippen LogP contribution in [0.25, 0.3) is 0 Å². The first kappa shape index (κ1) is 22.0. The lowest BCUT2D eigenvalue weighted by Gasteiger charge is -2.22. The van der Waals surface area contributed by atoms with Gasteiger partial charge in [0.25, 0.3) is 0 Å². The lowest BCUT2D eigenvalue weighted by molar-refractivity contribution is 0.0277. The van der Waals surface area contributed by atoms with Gasteiger partial charge in [-0.3, -0.25) is 4.99 Å². The minimum atomic E-state index is 0. The summed E-state index contributed by atoms with van der Waals surface area (Å²) in [7, 11) is 3.40. The number of hydrogen-bond acceptors (Lipinski definition) is 4. The van der Waals surface area contributed by atoms with E-state index in [2.05, 4.69) is 20.6 Å². The molecule has 142 valence electrons. The Kier molecular flexibility index (Phi) is 11.6. The summed E-state index contributed by atoms with van der Waals surface area (Å²) >= 11 is 0. The normalized spacial score (nSPS) is 15.4. The van der Waals surface area contributed by atoms with Crippen LogP contribution in [0.4, 0.5) is 0 Å². The Balaban J connectivity index is 0.00000312. The molecule has 1 aromatic rings. The summed E-state index contributed by atoms with van der Waals surface area (Å²) in [5.74, 6) is 1.42. The van der Waals surface area contributed by atoms with Gasteiger partial charge in [-0.1, -0.05) is 25.3 Å². The van der Waals surface area contributed by atoms with Gasteiger partial charge in [-0.05, 0) is 25.3 Å². The first-order valence-electron chi connectivity index (χ1n) is 8.87. The second-order valence-electron chi connectivity index (χ2n) is 6.01. The standard InChI is InChI=1S/C18H30N4O2.HI/c1-19-18(22-14-15-8-6-11-20-17(15)23-2)21-12-7-13-24-16-9-4-3-5-10-16;/h6,8,11,16H,3-5,7,9-10,12-14H2,1-2H3,(H2,19,21,22);1H. The topological polar surface area (TPSA) is 67.8 Å². The maximum atomic E-state index is 5.93. The highest BCUT2D eigenvalue weighted by atomic mass is 127. The van der Waals surface area contributed by atoms with Crippen LogP contribution in [0.1, 0.15) is 44.1 Å². The Morgan fingerprint density at radius 2 is 2.08 bits per heavy atom. The van der Waals surface area contributed by atoms with Crippen LogP contribution >= 0.6 is 24.0 Å². The Labute approximate surface area is 168 Å². The lowest BCUT2D eigenvalue weighted by Crippen LogP contribution is -2.37. The molecule has 6 nitrogen and oxygen atoms in total. The predicted octanol–water partition coefficient (Wildman–Crippen LogP) is 3.11. The third kappa shape index (κ3) is 8.22. The molecule has 1 saturated carbocycles. The zero-order chi connectivity index (χ0) is 17.0. The largest absolute Gasteiger partial charge is 0.481 e. The number of nitrogens with zero attached hydrogens (tertiary/aromatic N) is 2. The number of methoxy groups -OCH3 is 1. The molecule has 0 aromatic carbocycles. The summed E-state index contributed by atoms with van der Waals surface area (Å²) in [5.41, 5.74) is 1.00. The van der Waals surface area contributed by atoms with Gasteiger partial charge in [0.2, 0.25) is 5.88 Å². The second-order valence-corrected chi connectivity index (χ2v) is 6.01. The maximum absolute atomic E-state index is 5.93. The van der Waals surface area contributed by atoms with Crippen molar-refractivity contribution in [1.29, 1.82) is 0 Å². The van der Waals surface area contributed by atoms with E-state index in [1.807, 2.05) is 12.1 Å². The van der Waals surface area contributed by atoms with E-state index in [4.69, 9.17) is 9.47 Å². The number of rotatable bonds is 8. The molecule has 25 heavy (non-hydrogen) atoms. The van der Waals surface area contributed by atoms with Crippen molar-refractivity contribution in [2.45, 2.75) is 51.2 Å².